The molecule has 1 aliphatic rings. The molecule has 1 N–H and O–H groups in total. The van der Waals surface area contributed by atoms with E-state index in [0.29, 0.717) is 29.2 Å². The molecule has 18 heavy (non-hydrogen) atoms. The summed E-state index contributed by atoms with van der Waals surface area (Å²) in [7, 11) is 1.54. The Balaban J connectivity index is 2.62. The molecule has 0 heterocycles. The first-order chi connectivity index (χ1) is 8.53. The maximum atomic E-state index is 11.7. The number of ether oxygens (including phenoxy) is 1. The molecule has 0 atom stereocenters. The summed E-state index contributed by atoms with van der Waals surface area (Å²) in [5, 5.41) is 10.1. The molecule has 3 nitrogen and oxygen atoms in total. The van der Waals surface area contributed by atoms with E-state index in [0.717, 1.165) is 18.4 Å². The average Bonchev–Trinajstić information content (AvgIpc) is 2.82. The van der Waals surface area contributed by atoms with Crippen molar-refractivity contribution in [3.05, 3.63) is 28.3 Å². The van der Waals surface area contributed by atoms with E-state index in [4.69, 9.17) is 16.3 Å². The molecule has 98 valence electrons. The van der Waals surface area contributed by atoms with Gasteiger partial charge in [-0.1, -0.05) is 36.6 Å². The highest BCUT2D eigenvalue weighted by Crippen LogP contribution is 2.47. The maximum Gasteiger partial charge on any atom is 0.314 e. The van der Waals surface area contributed by atoms with Crippen LogP contribution in [-0.4, -0.2) is 18.2 Å². The van der Waals surface area contributed by atoms with Crippen molar-refractivity contribution >= 4 is 17.6 Å². The summed E-state index contributed by atoms with van der Waals surface area (Å²) >= 11 is 6.23. The molecule has 2 rings (SSSR count). The van der Waals surface area contributed by atoms with Crippen LogP contribution in [0.15, 0.2) is 12.1 Å². The summed E-state index contributed by atoms with van der Waals surface area (Å²) in [6.45, 7) is 1.89. The lowest BCUT2D eigenvalue weighted by Gasteiger charge is -2.27. The van der Waals surface area contributed by atoms with E-state index >= 15 is 0 Å². The fourth-order valence-corrected chi connectivity index (χ4v) is 3.05. The zero-order chi connectivity index (χ0) is 13.3. The van der Waals surface area contributed by atoms with Crippen molar-refractivity contribution in [3.8, 4) is 5.75 Å². The third-order valence-corrected chi connectivity index (χ3v) is 4.35. The van der Waals surface area contributed by atoms with E-state index in [1.807, 2.05) is 19.1 Å². The number of carbonyl (C=O) groups is 1. The van der Waals surface area contributed by atoms with Gasteiger partial charge in [-0.2, -0.15) is 0 Å². The van der Waals surface area contributed by atoms with Gasteiger partial charge in [-0.05, 0) is 25.3 Å². The summed E-state index contributed by atoms with van der Waals surface area (Å²) in [5.74, 6) is -0.265. The predicted octanol–water partition coefficient (Wildman–Crippen LogP) is 3.55. The standard InChI is InChI=1S/C14H17ClO3/c1-9-5-6-10(12(18-2)11(9)15)14(13(16)17)7-3-4-8-14/h5-6H,3-4,7-8H2,1-2H3,(H,16,17). The fourth-order valence-electron chi connectivity index (χ4n) is 2.81. The van der Waals surface area contributed by atoms with Crippen molar-refractivity contribution in [1.82, 2.24) is 0 Å². The van der Waals surface area contributed by atoms with Gasteiger partial charge in [0.1, 0.15) is 5.75 Å². The van der Waals surface area contributed by atoms with Crippen molar-refractivity contribution in [1.29, 1.82) is 0 Å². The molecule has 4 heteroatoms. The number of carboxylic acid groups (broad SMARTS) is 1. The van der Waals surface area contributed by atoms with E-state index < -0.39 is 11.4 Å². The van der Waals surface area contributed by atoms with Crippen LogP contribution in [0.2, 0.25) is 5.02 Å². The van der Waals surface area contributed by atoms with E-state index in [9.17, 15) is 9.90 Å². The fraction of sp³-hybridized carbons (Fsp3) is 0.500. The Morgan fingerprint density at radius 1 is 1.39 bits per heavy atom. The number of benzene rings is 1. The quantitative estimate of drug-likeness (QED) is 0.912. The van der Waals surface area contributed by atoms with E-state index in [1.54, 1.807) is 0 Å². The zero-order valence-electron chi connectivity index (χ0n) is 10.6. The van der Waals surface area contributed by atoms with Crippen molar-refractivity contribution in [3.63, 3.8) is 0 Å². The summed E-state index contributed by atoms with van der Waals surface area (Å²) in [6.07, 6.45) is 3.16. The number of carboxylic acids is 1. The highest BCUT2D eigenvalue weighted by atomic mass is 35.5. The lowest BCUT2D eigenvalue weighted by atomic mass is 9.78. The number of methoxy groups -OCH3 is 1. The Kier molecular flexibility index (Phi) is 3.53. The molecule has 1 saturated carbocycles. The molecule has 0 radical (unpaired) electrons. The Labute approximate surface area is 112 Å². The lowest BCUT2D eigenvalue weighted by molar-refractivity contribution is -0.143. The van der Waals surface area contributed by atoms with Crippen LogP contribution in [0.5, 0.6) is 5.75 Å². The van der Waals surface area contributed by atoms with Crippen LogP contribution >= 0.6 is 11.6 Å². The highest BCUT2D eigenvalue weighted by molar-refractivity contribution is 6.33. The molecular formula is C14H17ClO3. The number of halogens is 1. The van der Waals surface area contributed by atoms with Gasteiger partial charge in [0, 0.05) is 5.56 Å². The maximum absolute atomic E-state index is 11.7. The molecule has 0 bridgehead atoms. The third-order valence-electron chi connectivity index (χ3n) is 3.88. The smallest absolute Gasteiger partial charge is 0.314 e. The number of rotatable bonds is 3. The second kappa shape index (κ2) is 4.81. The average molecular weight is 269 g/mol. The van der Waals surface area contributed by atoms with Crippen LogP contribution in [0.4, 0.5) is 0 Å². The molecule has 0 saturated heterocycles. The molecule has 0 spiro atoms. The van der Waals surface area contributed by atoms with Gasteiger partial charge in [0.2, 0.25) is 0 Å². The zero-order valence-corrected chi connectivity index (χ0v) is 11.4. The Hall–Kier alpha value is -1.22. The predicted molar refractivity (Wildman–Crippen MR) is 70.5 cm³/mol. The molecule has 0 aromatic heterocycles. The first-order valence-corrected chi connectivity index (χ1v) is 6.47. The van der Waals surface area contributed by atoms with Crippen molar-refractivity contribution in [2.45, 2.75) is 38.0 Å². The topological polar surface area (TPSA) is 46.5 Å². The van der Waals surface area contributed by atoms with Gasteiger partial charge in [-0.15, -0.1) is 0 Å². The molecule has 0 unspecified atom stereocenters. The molecule has 1 aromatic rings. The Morgan fingerprint density at radius 2 is 2.00 bits per heavy atom. The second-order valence-corrected chi connectivity index (χ2v) is 5.25. The van der Waals surface area contributed by atoms with Gasteiger partial charge in [-0.25, -0.2) is 0 Å². The van der Waals surface area contributed by atoms with Crippen molar-refractivity contribution in [2.75, 3.05) is 7.11 Å². The SMILES string of the molecule is COc1c(C2(C(=O)O)CCCC2)ccc(C)c1Cl. The van der Waals surface area contributed by atoms with Gasteiger partial charge in [-0.3, -0.25) is 4.79 Å². The van der Waals surface area contributed by atoms with Crippen LogP contribution in [0.3, 0.4) is 0 Å². The molecule has 1 aliphatic carbocycles. The summed E-state index contributed by atoms with van der Waals surface area (Å²) in [5.41, 5.74) is 0.782. The van der Waals surface area contributed by atoms with Crippen molar-refractivity contribution < 1.29 is 14.6 Å². The first kappa shape index (κ1) is 13.2. The van der Waals surface area contributed by atoms with Gasteiger partial charge in [0.15, 0.2) is 0 Å². The van der Waals surface area contributed by atoms with E-state index in [-0.39, 0.29) is 0 Å². The van der Waals surface area contributed by atoms with E-state index in [2.05, 4.69) is 0 Å². The minimum Gasteiger partial charge on any atom is -0.495 e. The first-order valence-electron chi connectivity index (χ1n) is 6.10. The van der Waals surface area contributed by atoms with Gasteiger partial charge < -0.3 is 9.84 Å². The summed E-state index contributed by atoms with van der Waals surface area (Å²) in [6, 6.07) is 3.71. The molecule has 0 aliphatic heterocycles. The minimum atomic E-state index is -0.831. The number of aryl methyl sites for hydroxylation is 1. The van der Waals surface area contributed by atoms with Gasteiger partial charge in [0.05, 0.1) is 17.5 Å². The van der Waals surface area contributed by atoms with Crippen LogP contribution in [-0.2, 0) is 10.2 Å². The molecule has 1 fully saturated rings. The number of hydrogen-bond donors (Lipinski definition) is 1. The second-order valence-electron chi connectivity index (χ2n) is 4.87. The Bertz CT molecular complexity index is 476. The monoisotopic (exact) mass is 268 g/mol. The third kappa shape index (κ3) is 1.87. The van der Waals surface area contributed by atoms with Crippen molar-refractivity contribution in [2.24, 2.45) is 0 Å². The van der Waals surface area contributed by atoms with Crippen LogP contribution in [0, 0.1) is 6.92 Å². The Morgan fingerprint density at radius 3 is 2.50 bits per heavy atom. The number of hydrogen-bond acceptors (Lipinski definition) is 2. The van der Waals surface area contributed by atoms with E-state index in [1.165, 1.54) is 7.11 Å². The van der Waals surface area contributed by atoms with Crippen LogP contribution in [0.1, 0.15) is 36.8 Å². The number of aliphatic carboxylic acids is 1. The summed E-state index contributed by atoms with van der Waals surface area (Å²) in [4.78, 5) is 11.7. The minimum absolute atomic E-state index is 0.515. The molecule has 1 aromatic carbocycles. The summed E-state index contributed by atoms with van der Waals surface area (Å²) < 4.78 is 5.35. The lowest BCUT2D eigenvalue weighted by Crippen LogP contribution is -2.33. The normalized spacial score (nSPS) is 17.7. The molecule has 0 amide bonds. The molecular weight excluding hydrogens is 252 g/mol. The van der Waals surface area contributed by atoms with Gasteiger partial charge >= 0.3 is 5.97 Å². The highest BCUT2D eigenvalue weighted by Gasteiger charge is 2.45. The largest absolute Gasteiger partial charge is 0.495 e. The van der Waals surface area contributed by atoms with Crippen LogP contribution in [0.25, 0.3) is 0 Å². The van der Waals surface area contributed by atoms with Crippen LogP contribution < -0.4 is 4.74 Å². The van der Waals surface area contributed by atoms with Gasteiger partial charge in [0.25, 0.3) is 0 Å².